The summed E-state index contributed by atoms with van der Waals surface area (Å²) in [6.45, 7) is 8.82. The number of benzene rings is 3. The Morgan fingerprint density at radius 3 is 1.60 bits per heavy atom. The molecule has 0 aliphatic heterocycles. The first-order chi connectivity index (χ1) is 28.9. The van der Waals surface area contributed by atoms with Crippen molar-refractivity contribution in [2.45, 2.75) is 60.5 Å². The topological polar surface area (TPSA) is 234 Å². The van der Waals surface area contributed by atoms with Gasteiger partial charge in [0.15, 0.2) is 0 Å². The first-order valence-corrected chi connectivity index (χ1v) is 19.1. The number of hydrogen-bond acceptors (Lipinski definition) is 10. The zero-order valence-electron chi connectivity index (χ0n) is 33.7. The molecule has 0 spiro atoms. The minimum Gasteiger partial charge on any atom is -0.494 e. The average molecular weight is 813 g/mol. The van der Waals surface area contributed by atoms with E-state index in [1.807, 2.05) is 56.3 Å². The van der Waals surface area contributed by atoms with E-state index in [2.05, 4.69) is 25.8 Å². The number of carbonyl (C=O) groups is 4. The van der Waals surface area contributed by atoms with Crippen LogP contribution in [0.5, 0.6) is 11.5 Å². The lowest BCUT2D eigenvalue weighted by molar-refractivity contribution is 0.0991. The number of hydrogen-bond donors (Lipinski definition) is 4. The molecule has 0 saturated carbocycles. The van der Waals surface area contributed by atoms with Crippen LogP contribution in [0, 0.1) is 13.8 Å². The van der Waals surface area contributed by atoms with Gasteiger partial charge in [0, 0.05) is 37.3 Å². The van der Waals surface area contributed by atoms with Gasteiger partial charge < -0.3 is 30.1 Å². The van der Waals surface area contributed by atoms with Gasteiger partial charge >= 0.3 is 0 Å². The van der Waals surface area contributed by atoms with Crippen LogP contribution >= 0.6 is 0 Å². The molecule has 18 heteroatoms. The van der Waals surface area contributed by atoms with Crippen molar-refractivity contribution < 1.29 is 28.7 Å². The van der Waals surface area contributed by atoms with Crippen LogP contribution in [0.1, 0.15) is 72.5 Å². The monoisotopic (exact) mass is 812 g/mol. The maximum absolute atomic E-state index is 13.8. The molecule has 0 radical (unpaired) electrons. The Kier molecular flexibility index (Phi) is 11.5. The number of nitrogens with zero attached hydrogens (tertiary/aromatic N) is 8. The highest BCUT2D eigenvalue weighted by atomic mass is 16.5. The van der Waals surface area contributed by atoms with Gasteiger partial charge in [-0.15, -0.1) is 0 Å². The molecular weight excluding hydrogens is 769 g/mol. The molecule has 4 heterocycles. The molecule has 0 saturated heterocycles. The van der Waals surface area contributed by atoms with Crippen LogP contribution in [-0.4, -0.2) is 69.4 Å². The minimum absolute atomic E-state index is 0.155. The van der Waals surface area contributed by atoms with E-state index >= 15 is 0 Å². The summed E-state index contributed by atoms with van der Waals surface area (Å²) in [6.07, 6.45) is 3.69. The third kappa shape index (κ3) is 8.15. The number of amides is 4. The molecule has 3 aromatic carbocycles. The number of anilines is 2. The van der Waals surface area contributed by atoms with Crippen molar-refractivity contribution in [3.8, 4) is 11.5 Å². The molecule has 308 valence electrons. The lowest BCUT2D eigenvalue weighted by atomic mass is 10.1. The van der Waals surface area contributed by atoms with Crippen molar-refractivity contribution >= 4 is 57.6 Å². The van der Waals surface area contributed by atoms with Crippen LogP contribution in [-0.2, 0) is 32.8 Å². The summed E-state index contributed by atoms with van der Waals surface area (Å²) in [5.74, 6) is -1.22. The third-order valence-corrected chi connectivity index (χ3v) is 9.70. The van der Waals surface area contributed by atoms with Gasteiger partial charge in [-0.05, 0) is 69.7 Å². The van der Waals surface area contributed by atoms with E-state index in [1.165, 1.54) is 19.2 Å². The number of aromatic nitrogens is 8. The summed E-state index contributed by atoms with van der Waals surface area (Å²) < 4.78 is 18.7. The van der Waals surface area contributed by atoms with Gasteiger partial charge in [0.1, 0.15) is 40.5 Å². The van der Waals surface area contributed by atoms with Crippen molar-refractivity contribution in [1.82, 2.24) is 38.7 Å². The largest absolute Gasteiger partial charge is 0.494 e. The lowest BCUT2D eigenvalue weighted by Gasteiger charge is -2.13. The molecule has 60 heavy (non-hydrogen) atoms. The molecule has 7 rings (SSSR count). The first-order valence-electron chi connectivity index (χ1n) is 19.1. The minimum atomic E-state index is -0.674. The maximum Gasteiger partial charge on any atom is 0.276 e. The van der Waals surface area contributed by atoms with Gasteiger partial charge in [0.25, 0.3) is 11.8 Å². The summed E-state index contributed by atoms with van der Waals surface area (Å²) in [7, 11) is 1.46. The van der Waals surface area contributed by atoms with Crippen LogP contribution < -0.4 is 31.6 Å². The molecule has 18 nitrogen and oxygen atoms in total. The van der Waals surface area contributed by atoms with Gasteiger partial charge in [-0.3, -0.25) is 39.2 Å². The molecule has 7 aromatic rings. The zero-order valence-corrected chi connectivity index (χ0v) is 33.7. The SMILES string of the molecule is CCn1nc(C)cc1C(=O)Nc1nc2cc(C(N)=O)cc(OC)c2n1CC=CCn1c(NC(=O)c2cc(C)nn2CC)nc2cc(C(N)=O)cc(OCc3ccccc3)c21. The van der Waals surface area contributed by atoms with Crippen molar-refractivity contribution in [2.24, 2.45) is 11.5 Å². The van der Waals surface area contributed by atoms with Crippen molar-refractivity contribution in [3.05, 3.63) is 118 Å². The van der Waals surface area contributed by atoms with Gasteiger partial charge in [-0.1, -0.05) is 42.5 Å². The van der Waals surface area contributed by atoms with Gasteiger partial charge in [-0.2, -0.15) is 10.2 Å². The molecule has 4 aromatic heterocycles. The van der Waals surface area contributed by atoms with Gasteiger partial charge in [0.05, 0.1) is 29.5 Å². The number of aryl methyl sites for hydroxylation is 4. The number of methoxy groups -OCH3 is 1. The maximum atomic E-state index is 13.8. The number of carbonyl (C=O) groups excluding carboxylic acids is 4. The van der Waals surface area contributed by atoms with E-state index in [0.29, 0.717) is 69.4 Å². The summed E-state index contributed by atoms with van der Waals surface area (Å²) in [5.41, 5.74) is 16.4. The number of primary amides is 2. The smallest absolute Gasteiger partial charge is 0.276 e. The van der Waals surface area contributed by atoms with Crippen molar-refractivity contribution in [1.29, 1.82) is 0 Å². The fourth-order valence-corrected chi connectivity index (χ4v) is 6.92. The Balaban J connectivity index is 1.29. The molecule has 0 unspecified atom stereocenters. The molecule has 0 atom stereocenters. The number of nitrogens with one attached hydrogen (secondary N) is 2. The number of fused-ring (bicyclic) bond motifs is 2. The quantitative estimate of drug-likeness (QED) is 0.0956. The number of imidazole rings is 2. The van der Waals surface area contributed by atoms with Crippen LogP contribution in [0.3, 0.4) is 0 Å². The van der Waals surface area contributed by atoms with Crippen LogP contribution in [0.15, 0.2) is 78.9 Å². The van der Waals surface area contributed by atoms with E-state index in [9.17, 15) is 19.2 Å². The third-order valence-electron chi connectivity index (χ3n) is 9.70. The molecule has 0 bridgehead atoms. The first kappa shape index (κ1) is 40.4. The fourth-order valence-electron chi connectivity index (χ4n) is 6.92. The Morgan fingerprint density at radius 2 is 1.15 bits per heavy atom. The van der Waals surface area contributed by atoms with Gasteiger partial charge in [-0.25, -0.2) is 9.97 Å². The standard InChI is InChI=1S/C42H44N12O6/c1-6-53-31(17-24(3)49-53)39(57)47-41-45-29-19-27(37(43)55)21-33(59-5)35(29)51(41)15-11-12-16-52-36-30(46-42(52)48-40(58)32-18-25(4)50-54(32)7-2)20-28(38(44)56)22-34(36)60-23-26-13-9-8-10-14-26/h8-14,17-22H,6-7,15-16,23H2,1-5H3,(H2,43,55)(H2,44,56)(H,45,47,57)(H,46,48,58). The number of rotatable bonds is 16. The van der Waals surface area contributed by atoms with Crippen LogP contribution in [0.2, 0.25) is 0 Å². The Labute approximate surface area is 343 Å². The predicted molar refractivity (Wildman–Crippen MR) is 224 cm³/mol. The lowest BCUT2D eigenvalue weighted by Crippen LogP contribution is -2.20. The fraction of sp³-hybridized carbons (Fsp3) is 0.238. The highest BCUT2D eigenvalue weighted by Crippen LogP contribution is 2.33. The van der Waals surface area contributed by atoms with Crippen LogP contribution in [0.4, 0.5) is 11.9 Å². The predicted octanol–water partition coefficient (Wildman–Crippen LogP) is 4.98. The Hall–Kier alpha value is -7.76. The van der Waals surface area contributed by atoms with E-state index in [-0.39, 0.29) is 42.7 Å². The van der Waals surface area contributed by atoms with E-state index in [4.69, 9.17) is 25.9 Å². The molecular formula is C42H44N12O6. The average Bonchev–Trinajstić information content (AvgIpc) is 4.00. The summed E-state index contributed by atoms with van der Waals surface area (Å²) >= 11 is 0. The summed E-state index contributed by atoms with van der Waals surface area (Å²) in [4.78, 5) is 61.6. The van der Waals surface area contributed by atoms with Crippen molar-refractivity contribution in [3.63, 3.8) is 0 Å². The Bertz CT molecular complexity index is 2810. The molecule has 4 amide bonds. The number of ether oxygens (including phenoxy) is 2. The second kappa shape index (κ2) is 17.0. The highest BCUT2D eigenvalue weighted by molar-refractivity contribution is 6.05. The van der Waals surface area contributed by atoms with Gasteiger partial charge in [0.2, 0.25) is 23.7 Å². The van der Waals surface area contributed by atoms with E-state index in [0.717, 1.165) is 5.56 Å². The molecule has 0 aliphatic carbocycles. The molecule has 0 fully saturated rings. The summed E-state index contributed by atoms with van der Waals surface area (Å²) in [6, 6.07) is 19.1. The van der Waals surface area contributed by atoms with Crippen molar-refractivity contribution in [2.75, 3.05) is 17.7 Å². The van der Waals surface area contributed by atoms with Crippen LogP contribution in [0.25, 0.3) is 22.1 Å². The molecule has 0 aliphatic rings. The number of nitrogens with two attached hydrogens (primary N) is 2. The highest BCUT2D eigenvalue weighted by Gasteiger charge is 2.24. The summed E-state index contributed by atoms with van der Waals surface area (Å²) in [5, 5.41) is 14.7. The second-order valence-corrected chi connectivity index (χ2v) is 13.8. The zero-order chi connectivity index (χ0) is 42.7. The number of allylic oxidation sites excluding steroid dienone is 2. The second-order valence-electron chi connectivity index (χ2n) is 13.8. The normalized spacial score (nSPS) is 11.4. The van der Waals surface area contributed by atoms with E-state index in [1.54, 1.807) is 56.6 Å². The Morgan fingerprint density at radius 1 is 0.683 bits per heavy atom. The van der Waals surface area contributed by atoms with E-state index < -0.39 is 23.6 Å². The molecule has 6 N–H and O–H groups in total.